The van der Waals surface area contributed by atoms with E-state index < -0.39 is 11.7 Å². The number of halogens is 3. The van der Waals surface area contributed by atoms with Crippen LogP contribution in [0, 0.1) is 6.57 Å². The fourth-order valence-corrected chi connectivity index (χ4v) is 1.99. The highest BCUT2D eigenvalue weighted by molar-refractivity contribution is 5.47. The Morgan fingerprint density at radius 3 is 1.75 bits per heavy atom. The summed E-state index contributed by atoms with van der Waals surface area (Å²) in [6.07, 6.45) is -4.31. The summed E-state index contributed by atoms with van der Waals surface area (Å²) in [6, 6.07) is 12.3. The molecule has 102 valence electrons. The molecule has 20 heavy (non-hydrogen) atoms. The minimum absolute atomic E-state index is 0.0166. The minimum Gasteiger partial charge on any atom is -0.238 e. The van der Waals surface area contributed by atoms with E-state index in [2.05, 4.69) is 4.85 Å². The Morgan fingerprint density at radius 1 is 0.900 bits per heavy atom. The van der Waals surface area contributed by atoms with Crippen LogP contribution in [0.4, 0.5) is 18.9 Å². The summed E-state index contributed by atoms with van der Waals surface area (Å²) in [5.41, 5.74) is 1.69. The summed E-state index contributed by atoms with van der Waals surface area (Å²) in [6.45, 7) is 8.81. The first-order chi connectivity index (χ1) is 9.41. The van der Waals surface area contributed by atoms with Gasteiger partial charge in [0.25, 0.3) is 0 Å². The van der Waals surface area contributed by atoms with E-state index in [-0.39, 0.29) is 5.92 Å². The monoisotopic (exact) mass is 275 g/mol. The van der Waals surface area contributed by atoms with Crippen LogP contribution in [-0.2, 0) is 6.18 Å². The number of alkyl halides is 3. The smallest absolute Gasteiger partial charge is 0.238 e. The lowest BCUT2D eigenvalue weighted by molar-refractivity contribution is -0.137. The highest BCUT2D eigenvalue weighted by Crippen LogP contribution is 2.31. The minimum atomic E-state index is -4.31. The molecule has 0 fully saturated rings. The number of hydrogen-bond acceptors (Lipinski definition) is 0. The molecule has 4 heteroatoms. The van der Waals surface area contributed by atoms with Gasteiger partial charge in [0, 0.05) is 5.92 Å². The van der Waals surface area contributed by atoms with Crippen molar-refractivity contribution in [3.63, 3.8) is 0 Å². The highest BCUT2D eigenvalue weighted by Gasteiger charge is 2.30. The zero-order valence-corrected chi connectivity index (χ0v) is 10.8. The molecule has 0 radical (unpaired) electrons. The van der Waals surface area contributed by atoms with Gasteiger partial charge < -0.3 is 0 Å². The Morgan fingerprint density at radius 2 is 1.35 bits per heavy atom. The maximum atomic E-state index is 12.5. The van der Waals surface area contributed by atoms with Crippen molar-refractivity contribution in [1.29, 1.82) is 0 Å². The number of benzene rings is 2. The average Bonchev–Trinajstić information content (AvgIpc) is 2.46. The quantitative estimate of drug-likeness (QED) is 0.646. The van der Waals surface area contributed by atoms with Gasteiger partial charge in [-0.1, -0.05) is 43.3 Å². The van der Waals surface area contributed by atoms with E-state index >= 15 is 0 Å². The summed E-state index contributed by atoms with van der Waals surface area (Å²) in [7, 11) is 0. The largest absolute Gasteiger partial charge is 0.416 e. The summed E-state index contributed by atoms with van der Waals surface area (Å²) >= 11 is 0. The van der Waals surface area contributed by atoms with Gasteiger partial charge in [-0.05, 0) is 23.3 Å². The van der Waals surface area contributed by atoms with Crippen LogP contribution in [0.3, 0.4) is 0 Å². The van der Waals surface area contributed by atoms with Crippen LogP contribution < -0.4 is 0 Å². The highest BCUT2D eigenvalue weighted by atomic mass is 19.4. The Bertz CT molecular complexity index is 619. The van der Waals surface area contributed by atoms with Crippen LogP contribution in [-0.4, -0.2) is 0 Å². The van der Waals surface area contributed by atoms with Crippen molar-refractivity contribution in [2.75, 3.05) is 0 Å². The predicted molar refractivity (Wildman–Crippen MR) is 71.7 cm³/mol. The molecule has 0 saturated heterocycles. The van der Waals surface area contributed by atoms with E-state index in [0.29, 0.717) is 5.69 Å². The molecule has 0 aromatic heterocycles. The maximum absolute atomic E-state index is 12.5. The third-order valence-electron chi connectivity index (χ3n) is 3.26. The van der Waals surface area contributed by atoms with Gasteiger partial charge in [-0.2, -0.15) is 13.2 Å². The molecule has 0 aliphatic heterocycles. The molecule has 1 atom stereocenters. The second kappa shape index (κ2) is 5.38. The molecule has 2 rings (SSSR count). The first kappa shape index (κ1) is 14.1. The molecule has 0 heterocycles. The van der Waals surface area contributed by atoms with E-state index in [9.17, 15) is 13.2 Å². The van der Waals surface area contributed by atoms with Crippen molar-refractivity contribution in [2.45, 2.75) is 19.0 Å². The summed E-state index contributed by atoms with van der Waals surface area (Å²) in [5.74, 6) is -0.0166. The van der Waals surface area contributed by atoms with E-state index in [1.165, 1.54) is 12.1 Å². The van der Waals surface area contributed by atoms with Crippen molar-refractivity contribution in [3.8, 4) is 0 Å². The van der Waals surface area contributed by atoms with Gasteiger partial charge in [0.15, 0.2) is 5.69 Å². The summed E-state index contributed by atoms with van der Waals surface area (Å²) in [5, 5.41) is 0. The van der Waals surface area contributed by atoms with Gasteiger partial charge in [-0.15, -0.1) is 0 Å². The van der Waals surface area contributed by atoms with Crippen LogP contribution in [0.2, 0.25) is 0 Å². The third-order valence-corrected chi connectivity index (χ3v) is 3.26. The molecular formula is C16H12F3N. The van der Waals surface area contributed by atoms with Crippen molar-refractivity contribution in [1.82, 2.24) is 0 Å². The lowest BCUT2D eigenvalue weighted by Gasteiger charge is -2.14. The molecule has 1 nitrogen and oxygen atoms in total. The zero-order chi connectivity index (χ0) is 14.8. The molecule has 0 amide bonds. The number of rotatable bonds is 2. The van der Waals surface area contributed by atoms with Gasteiger partial charge in [0.1, 0.15) is 0 Å². The average molecular weight is 275 g/mol. The normalized spacial score (nSPS) is 12.8. The van der Waals surface area contributed by atoms with Crippen molar-refractivity contribution >= 4 is 5.69 Å². The molecule has 0 aliphatic rings. The summed E-state index contributed by atoms with van der Waals surface area (Å²) in [4.78, 5) is 3.31. The first-order valence-corrected chi connectivity index (χ1v) is 6.06. The topological polar surface area (TPSA) is 4.36 Å². The number of nitrogens with zero attached hydrogens (tertiary/aromatic N) is 1. The van der Waals surface area contributed by atoms with Gasteiger partial charge in [-0.25, -0.2) is 4.85 Å². The Hall–Kier alpha value is -2.28. The first-order valence-electron chi connectivity index (χ1n) is 6.06. The molecule has 2 aromatic carbocycles. The lowest BCUT2D eigenvalue weighted by atomic mass is 9.92. The Labute approximate surface area is 115 Å². The predicted octanol–water partition coefficient (Wildman–Crippen LogP) is 5.41. The van der Waals surface area contributed by atoms with E-state index in [0.717, 1.165) is 23.3 Å². The SMILES string of the molecule is [C-]#[N+]c1ccc([C@H](C)c2ccc(C(F)(F)F)cc2)cc1. The van der Waals surface area contributed by atoms with Gasteiger partial charge in [-0.3, -0.25) is 0 Å². The van der Waals surface area contributed by atoms with Crippen LogP contribution in [0.1, 0.15) is 29.5 Å². The molecular weight excluding hydrogens is 263 g/mol. The van der Waals surface area contributed by atoms with E-state index in [4.69, 9.17) is 6.57 Å². The molecule has 0 unspecified atom stereocenters. The molecule has 0 spiro atoms. The van der Waals surface area contributed by atoms with Gasteiger partial charge in [0.05, 0.1) is 12.1 Å². The van der Waals surface area contributed by atoms with Crippen LogP contribution in [0.25, 0.3) is 4.85 Å². The van der Waals surface area contributed by atoms with Crippen molar-refractivity contribution in [2.24, 2.45) is 0 Å². The van der Waals surface area contributed by atoms with Crippen molar-refractivity contribution in [3.05, 3.63) is 76.6 Å². The standard InChI is InChI=1S/C16H12F3N/c1-11(13-5-9-15(20-2)10-6-13)12-3-7-14(8-4-12)16(17,18)19/h3-11H,1H3/t11-/m1/s1. The molecule has 0 saturated carbocycles. The second-order valence-electron chi connectivity index (χ2n) is 4.54. The van der Waals surface area contributed by atoms with Crippen LogP contribution >= 0.6 is 0 Å². The molecule has 0 aliphatic carbocycles. The van der Waals surface area contributed by atoms with E-state index in [1.807, 2.05) is 19.1 Å². The second-order valence-corrected chi connectivity index (χ2v) is 4.54. The molecule has 0 N–H and O–H groups in total. The number of hydrogen-bond donors (Lipinski definition) is 0. The summed E-state index contributed by atoms with van der Waals surface area (Å²) < 4.78 is 37.5. The third kappa shape index (κ3) is 3.00. The fraction of sp³-hybridized carbons (Fsp3) is 0.188. The van der Waals surface area contributed by atoms with Gasteiger partial charge in [0.2, 0.25) is 0 Å². The molecule has 0 bridgehead atoms. The Kier molecular flexibility index (Phi) is 3.80. The zero-order valence-electron chi connectivity index (χ0n) is 10.8. The van der Waals surface area contributed by atoms with Crippen LogP contribution in [0.5, 0.6) is 0 Å². The van der Waals surface area contributed by atoms with E-state index in [1.54, 1.807) is 12.1 Å². The lowest BCUT2D eigenvalue weighted by Crippen LogP contribution is -2.05. The van der Waals surface area contributed by atoms with Crippen molar-refractivity contribution < 1.29 is 13.2 Å². The van der Waals surface area contributed by atoms with Crippen LogP contribution in [0.15, 0.2) is 48.5 Å². The van der Waals surface area contributed by atoms with Gasteiger partial charge >= 0.3 is 6.18 Å². The molecule has 2 aromatic rings. The fourth-order valence-electron chi connectivity index (χ4n) is 1.99. The maximum Gasteiger partial charge on any atom is 0.416 e. The Balaban J connectivity index is 2.24.